The first-order valence-electron chi connectivity index (χ1n) is 8.56. The lowest BCUT2D eigenvalue weighted by Crippen LogP contribution is -2.34. The zero-order valence-corrected chi connectivity index (χ0v) is 14.9. The highest BCUT2D eigenvalue weighted by molar-refractivity contribution is 6.05. The van der Waals surface area contributed by atoms with Crippen LogP contribution in [0.1, 0.15) is 55.6 Å². The molecule has 1 amide bonds. The number of hydrogen-bond donors (Lipinski definition) is 3. The largest absolute Gasteiger partial charge is 0.352 e. The van der Waals surface area contributed by atoms with E-state index in [1.807, 2.05) is 20.8 Å². The van der Waals surface area contributed by atoms with E-state index >= 15 is 0 Å². The monoisotopic (exact) mass is 347 g/mol. The number of nitrogens with one attached hydrogen (secondary N) is 2. The molecule has 8 heteroatoms. The number of fused-ring (bicyclic) bond motifs is 1. The van der Waals surface area contributed by atoms with Gasteiger partial charge in [0.05, 0.1) is 10.9 Å². The van der Waals surface area contributed by atoms with Crippen molar-refractivity contribution in [1.82, 2.24) is 19.9 Å². The highest BCUT2D eigenvalue weighted by Gasteiger charge is 2.20. The maximum absolute atomic E-state index is 12.6. The maximum Gasteiger partial charge on any atom is 0.329 e. The third-order valence-corrected chi connectivity index (χ3v) is 3.92. The lowest BCUT2D eigenvalue weighted by Gasteiger charge is -2.14. The molecule has 0 unspecified atom stereocenters. The average molecular weight is 347 g/mol. The number of aryl methyl sites for hydroxylation is 1. The van der Waals surface area contributed by atoms with E-state index in [-0.39, 0.29) is 28.4 Å². The van der Waals surface area contributed by atoms with Crippen molar-refractivity contribution in [3.63, 3.8) is 0 Å². The van der Waals surface area contributed by atoms with Crippen LogP contribution in [0.2, 0.25) is 0 Å². The molecular weight excluding hydrogens is 322 g/mol. The number of carbonyl (C=O) groups excluding carboxylic acids is 1. The number of rotatable bonds is 7. The first-order valence-corrected chi connectivity index (χ1v) is 8.56. The molecule has 136 valence electrons. The highest BCUT2D eigenvalue weighted by atomic mass is 16.2. The third-order valence-electron chi connectivity index (χ3n) is 3.92. The lowest BCUT2D eigenvalue weighted by molar-refractivity contribution is 0.0955. The summed E-state index contributed by atoms with van der Waals surface area (Å²) in [5.74, 6) is -0.320. The van der Waals surface area contributed by atoms with Crippen molar-refractivity contribution in [3.05, 3.63) is 38.2 Å². The van der Waals surface area contributed by atoms with Crippen LogP contribution in [-0.4, -0.2) is 33.5 Å². The van der Waals surface area contributed by atoms with E-state index < -0.39 is 11.2 Å². The second kappa shape index (κ2) is 8.06. The van der Waals surface area contributed by atoms with Gasteiger partial charge in [-0.3, -0.25) is 19.1 Å². The molecule has 25 heavy (non-hydrogen) atoms. The molecule has 0 saturated carbocycles. The Morgan fingerprint density at radius 3 is 2.72 bits per heavy atom. The van der Waals surface area contributed by atoms with Crippen molar-refractivity contribution in [1.29, 1.82) is 0 Å². The Morgan fingerprint density at radius 2 is 2.12 bits per heavy atom. The van der Waals surface area contributed by atoms with Gasteiger partial charge in [0, 0.05) is 18.8 Å². The summed E-state index contributed by atoms with van der Waals surface area (Å²) in [7, 11) is 0. The fourth-order valence-electron chi connectivity index (χ4n) is 2.60. The summed E-state index contributed by atoms with van der Waals surface area (Å²) in [4.78, 5) is 43.9. The summed E-state index contributed by atoms with van der Waals surface area (Å²) in [5.41, 5.74) is 5.48. The Bertz CT molecular complexity index is 882. The van der Waals surface area contributed by atoms with Gasteiger partial charge in [-0.25, -0.2) is 9.78 Å². The van der Waals surface area contributed by atoms with Crippen LogP contribution < -0.4 is 22.3 Å². The van der Waals surface area contributed by atoms with E-state index in [2.05, 4.69) is 15.3 Å². The van der Waals surface area contributed by atoms with E-state index in [4.69, 9.17) is 5.73 Å². The molecule has 8 nitrogen and oxygen atoms in total. The van der Waals surface area contributed by atoms with Crippen LogP contribution in [0, 0.1) is 0 Å². The van der Waals surface area contributed by atoms with E-state index in [0.29, 0.717) is 38.2 Å². The fourth-order valence-corrected chi connectivity index (χ4v) is 2.60. The molecule has 2 aromatic rings. The predicted octanol–water partition coefficient (Wildman–Crippen LogP) is 0.697. The summed E-state index contributed by atoms with van der Waals surface area (Å²) in [6.07, 6.45) is 1.34. The van der Waals surface area contributed by atoms with Gasteiger partial charge in [-0.1, -0.05) is 20.8 Å². The van der Waals surface area contributed by atoms with Crippen LogP contribution in [0.5, 0.6) is 0 Å². The van der Waals surface area contributed by atoms with Gasteiger partial charge in [0.1, 0.15) is 0 Å². The number of carbonyl (C=O) groups is 1. The van der Waals surface area contributed by atoms with E-state index in [1.54, 1.807) is 6.07 Å². The minimum atomic E-state index is -0.598. The van der Waals surface area contributed by atoms with Gasteiger partial charge in [-0.2, -0.15) is 0 Å². The normalized spacial score (nSPS) is 11.2. The van der Waals surface area contributed by atoms with E-state index in [0.717, 1.165) is 0 Å². The first-order chi connectivity index (χ1) is 11.9. The average Bonchev–Trinajstić information content (AvgIpc) is 2.57. The molecule has 4 N–H and O–H groups in total. The topological polar surface area (TPSA) is 123 Å². The Labute approximate surface area is 145 Å². The molecule has 0 atom stereocenters. The first kappa shape index (κ1) is 18.9. The van der Waals surface area contributed by atoms with Crippen LogP contribution in [-0.2, 0) is 6.54 Å². The highest BCUT2D eigenvalue weighted by Crippen LogP contribution is 2.19. The molecule has 0 aliphatic heterocycles. The number of nitrogens with two attached hydrogens (primary N) is 1. The molecule has 0 bridgehead atoms. The van der Waals surface area contributed by atoms with Gasteiger partial charge < -0.3 is 11.1 Å². The predicted molar refractivity (Wildman–Crippen MR) is 97.0 cm³/mol. The molecule has 0 radical (unpaired) electrons. The molecule has 0 fully saturated rings. The second-order valence-corrected chi connectivity index (χ2v) is 6.26. The number of amides is 1. The number of aromatic nitrogens is 3. The lowest BCUT2D eigenvalue weighted by atomic mass is 10.0. The van der Waals surface area contributed by atoms with Crippen LogP contribution in [0.4, 0.5) is 0 Å². The van der Waals surface area contributed by atoms with Gasteiger partial charge in [-0.05, 0) is 31.4 Å². The summed E-state index contributed by atoms with van der Waals surface area (Å²) >= 11 is 0. The summed E-state index contributed by atoms with van der Waals surface area (Å²) in [6.45, 7) is 7.11. The minimum absolute atomic E-state index is 0.0458. The SMILES string of the molecule is CCCn1c(=O)[nH]c(=O)c2c(C(=O)NCCCN)cc(C(C)C)nc21. The Hall–Kier alpha value is -2.48. The van der Waals surface area contributed by atoms with Gasteiger partial charge >= 0.3 is 5.69 Å². The van der Waals surface area contributed by atoms with Crippen molar-refractivity contribution in [2.24, 2.45) is 5.73 Å². The number of nitrogens with zero attached hydrogens (tertiary/aromatic N) is 2. The Balaban J connectivity index is 2.75. The fraction of sp³-hybridized carbons (Fsp3) is 0.529. The molecule has 0 aliphatic carbocycles. The van der Waals surface area contributed by atoms with Crippen molar-refractivity contribution in [2.75, 3.05) is 13.1 Å². The molecular formula is C17H25N5O3. The van der Waals surface area contributed by atoms with Gasteiger partial charge in [0.25, 0.3) is 11.5 Å². The molecule has 0 aromatic carbocycles. The number of pyridine rings is 1. The van der Waals surface area contributed by atoms with Crippen molar-refractivity contribution < 1.29 is 4.79 Å². The number of aromatic amines is 1. The minimum Gasteiger partial charge on any atom is -0.352 e. The van der Waals surface area contributed by atoms with Crippen LogP contribution in [0.3, 0.4) is 0 Å². The van der Waals surface area contributed by atoms with Crippen molar-refractivity contribution in [3.8, 4) is 0 Å². The zero-order valence-electron chi connectivity index (χ0n) is 14.9. The maximum atomic E-state index is 12.6. The summed E-state index contributed by atoms with van der Waals surface area (Å²) < 4.78 is 1.42. The van der Waals surface area contributed by atoms with Crippen LogP contribution in [0.15, 0.2) is 15.7 Å². The molecule has 0 spiro atoms. The third kappa shape index (κ3) is 3.96. The number of H-pyrrole nitrogens is 1. The van der Waals surface area contributed by atoms with E-state index in [1.165, 1.54) is 4.57 Å². The van der Waals surface area contributed by atoms with Crippen LogP contribution >= 0.6 is 0 Å². The van der Waals surface area contributed by atoms with Crippen LogP contribution in [0.25, 0.3) is 11.0 Å². The second-order valence-electron chi connectivity index (χ2n) is 6.26. The van der Waals surface area contributed by atoms with Crippen molar-refractivity contribution in [2.45, 2.75) is 46.1 Å². The van der Waals surface area contributed by atoms with E-state index in [9.17, 15) is 14.4 Å². The standard InChI is InChI=1S/C17H25N5O3/c1-4-8-22-14-13(16(24)21-17(22)25)11(9-12(20-14)10(2)3)15(23)19-7-5-6-18/h9-10H,4-8,18H2,1-3H3,(H,19,23)(H,21,24,25). The van der Waals surface area contributed by atoms with Gasteiger partial charge in [-0.15, -0.1) is 0 Å². The van der Waals surface area contributed by atoms with Gasteiger partial charge in [0.15, 0.2) is 5.65 Å². The molecule has 0 saturated heterocycles. The zero-order chi connectivity index (χ0) is 18.6. The molecule has 2 heterocycles. The molecule has 0 aliphatic rings. The van der Waals surface area contributed by atoms with Gasteiger partial charge in [0.2, 0.25) is 0 Å². The Morgan fingerprint density at radius 1 is 1.40 bits per heavy atom. The smallest absolute Gasteiger partial charge is 0.329 e. The Kier molecular flexibility index (Phi) is 6.08. The molecule has 2 aromatic heterocycles. The quantitative estimate of drug-likeness (QED) is 0.636. The number of hydrogen-bond acceptors (Lipinski definition) is 5. The van der Waals surface area contributed by atoms with Crippen molar-refractivity contribution >= 4 is 16.9 Å². The summed E-state index contributed by atoms with van der Waals surface area (Å²) in [5, 5.41) is 2.91. The summed E-state index contributed by atoms with van der Waals surface area (Å²) in [6, 6.07) is 1.63. The molecule has 2 rings (SSSR count).